The van der Waals surface area contributed by atoms with Gasteiger partial charge in [0.1, 0.15) is 6.04 Å². The lowest BCUT2D eigenvalue weighted by atomic mass is 9.81. The number of benzene rings is 1. The number of rotatable bonds is 5. The van der Waals surface area contributed by atoms with Crippen LogP contribution in [0.1, 0.15) is 66.4 Å². The van der Waals surface area contributed by atoms with Crippen LogP contribution in [0.25, 0.3) is 0 Å². The minimum Gasteiger partial charge on any atom is -0.328 e. The smallest absolute Gasteiger partial charge is 0.255 e. The van der Waals surface area contributed by atoms with Crippen molar-refractivity contribution in [2.45, 2.75) is 82.2 Å². The first kappa shape index (κ1) is 18.8. The average Bonchev–Trinajstić information content (AvgIpc) is 2.95. The summed E-state index contributed by atoms with van der Waals surface area (Å²) >= 11 is 0. The molecule has 154 valence electrons. The van der Waals surface area contributed by atoms with Crippen molar-refractivity contribution in [1.29, 1.82) is 0 Å². The molecule has 2 saturated carbocycles. The molecular weight excluding hydrogens is 368 g/mol. The van der Waals surface area contributed by atoms with Crippen LogP contribution in [0.15, 0.2) is 18.2 Å². The molecule has 1 aromatic carbocycles. The first-order valence-corrected chi connectivity index (χ1v) is 10.8. The van der Waals surface area contributed by atoms with Gasteiger partial charge < -0.3 is 10.6 Å². The molecule has 2 heterocycles. The molecule has 2 aliphatic heterocycles. The van der Waals surface area contributed by atoms with Crippen LogP contribution in [0.2, 0.25) is 0 Å². The van der Waals surface area contributed by atoms with E-state index in [1.165, 1.54) is 19.3 Å². The van der Waals surface area contributed by atoms with Crippen molar-refractivity contribution in [2.24, 2.45) is 5.73 Å². The molecule has 3 N–H and O–H groups in total. The molecule has 3 amide bonds. The van der Waals surface area contributed by atoms with Crippen molar-refractivity contribution in [1.82, 2.24) is 15.1 Å². The number of amides is 3. The molecular formula is C22H28N4O3. The minimum absolute atomic E-state index is 0.0797. The van der Waals surface area contributed by atoms with Crippen molar-refractivity contribution >= 4 is 17.7 Å². The highest BCUT2D eigenvalue weighted by Gasteiger charge is 2.42. The third kappa shape index (κ3) is 3.26. The van der Waals surface area contributed by atoms with E-state index in [0.717, 1.165) is 36.1 Å². The van der Waals surface area contributed by atoms with E-state index in [1.807, 2.05) is 12.1 Å². The molecule has 0 radical (unpaired) electrons. The fourth-order valence-electron chi connectivity index (χ4n) is 5.19. The van der Waals surface area contributed by atoms with Gasteiger partial charge >= 0.3 is 0 Å². The molecule has 0 aromatic heterocycles. The molecule has 5 rings (SSSR count). The number of nitrogens with zero attached hydrogens (tertiary/aromatic N) is 2. The number of fused-ring (bicyclic) bond motifs is 1. The molecule has 1 saturated heterocycles. The fourth-order valence-corrected chi connectivity index (χ4v) is 5.19. The lowest BCUT2D eigenvalue weighted by molar-refractivity contribution is -0.136. The highest BCUT2D eigenvalue weighted by Crippen LogP contribution is 2.36. The maximum atomic E-state index is 13.3. The Hall–Kier alpha value is -2.25. The fraction of sp³-hybridized carbons (Fsp3) is 0.591. The van der Waals surface area contributed by atoms with Gasteiger partial charge in [-0.25, -0.2) is 0 Å². The lowest BCUT2D eigenvalue weighted by Gasteiger charge is -2.48. The zero-order chi connectivity index (χ0) is 20.1. The van der Waals surface area contributed by atoms with E-state index >= 15 is 0 Å². The Morgan fingerprint density at radius 1 is 1.10 bits per heavy atom. The Bertz CT molecular complexity index is 860. The number of nitrogens with two attached hydrogens (primary N) is 1. The third-order valence-corrected chi connectivity index (χ3v) is 7.15. The maximum Gasteiger partial charge on any atom is 0.255 e. The summed E-state index contributed by atoms with van der Waals surface area (Å²) in [5.74, 6) is -0.696. The van der Waals surface area contributed by atoms with E-state index in [0.29, 0.717) is 31.1 Å². The zero-order valence-corrected chi connectivity index (χ0v) is 16.6. The van der Waals surface area contributed by atoms with Crippen molar-refractivity contribution < 1.29 is 14.4 Å². The van der Waals surface area contributed by atoms with Crippen LogP contribution in [0.3, 0.4) is 0 Å². The molecule has 1 aromatic rings. The van der Waals surface area contributed by atoms with Gasteiger partial charge in [-0.2, -0.15) is 0 Å². The predicted molar refractivity (Wildman–Crippen MR) is 107 cm³/mol. The van der Waals surface area contributed by atoms with Gasteiger partial charge in [-0.05, 0) is 43.2 Å². The average molecular weight is 396 g/mol. The van der Waals surface area contributed by atoms with Crippen molar-refractivity contribution in [3.8, 4) is 0 Å². The topological polar surface area (TPSA) is 95.7 Å². The molecule has 7 heteroatoms. The van der Waals surface area contributed by atoms with Crippen molar-refractivity contribution in [2.75, 3.05) is 0 Å². The molecule has 1 unspecified atom stereocenters. The van der Waals surface area contributed by atoms with Crippen LogP contribution in [0.5, 0.6) is 0 Å². The monoisotopic (exact) mass is 396 g/mol. The quantitative estimate of drug-likeness (QED) is 0.732. The van der Waals surface area contributed by atoms with E-state index in [2.05, 4.69) is 16.3 Å². The lowest BCUT2D eigenvalue weighted by Crippen LogP contribution is -2.55. The number of hydrogen-bond donors (Lipinski definition) is 2. The van der Waals surface area contributed by atoms with Gasteiger partial charge in [0, 0.05) is 43.2 Å². The van der Waals surface area contributed by atoms with Crippen LogP contribution < -0.4 is 11.1 Å². The highest BCUT2D eigenvalue weighted by molar-refractivity contribution is 6.05. The van der Waals surface area contributed by atoms with Gasteiger partial charge in [-0.3, -0.25) is 24.6 Å². The Morgan fingerprint density at radius 2 is 1.90 bits per heavy atom. The second-order valence-corrected chi connectivity index (χ2v) is 8.99. The zero-order valence-electron chi connectivity index (χ0n) is 16.6. The molecule has 0 spiro atoms. The standard InChI is InChI=1S/C22H28N4O3/c23-15-9-17(10-15)25(16-5-2-6-16)11-13-3-1-4-14-12-26(22(29)20(13)14)18-7-8-19(27)24-21(18)28/h1,3-4,15-18H,2,5-12,23H2,(H,24,27,28). The van der Waals surface area contributed by atoms with Crippen LogP contribution in [0, 0.1) is 0 Å². The highest BCUT2D eigenvalue weighted by atomic mass is 16.2. The molecule has 0 bridgehead atoms. The summed E-state index contributed by atoms with van der Waals surface area (Å²) in [6.45, 7) is 1.20. The van der Waals surface area contributed by atoms with Gasteiger partial charge in [0.2, 0.25) is 11.8 Å². The summed E-state index contributed by atoms with van der Waals surface area (Å²) < 4.78 is 0. The summed E-state index contributed by atoms with van der Waals surface area (Å²) in [5.41, 5.74) is 8.83. The van der Waals surface area contributed by atoms with Crippen LogP contribution >= 0.6 is 0 Å². The molecule has 3 fully saturated rings. The summed E-state index contributed by atoms with van der Waals surface area (Å²) in [6, 6.07) is 6.88. The first-order chi connectivity index (χ1) is 14.0. The Kier molecular flexibility index (Phi) is 4.67. The van der Waals surface area contributed by atoms with Gasteiger partial charge in [-0.1, -0.05) is 24.6 Å². The predicted octanol–water partition coefficient (Wildman–Crippen LogP) is 1.29. The largest absolute Gasteiger partial charge is 0.328 e. The van der Waals surface area contributed by atoms with E-state index in [9.17, 15) is 14.4 Å². The van der Waals surface area contributed by atoms with E-state index < -0.39 is 6.04 Å². The number of hydrogen-bond acceptors (Lipinski definition) is 5. The summed E-state index contributed by atoms with van der Waals surface area (Å²) in [6.07, 6.45) is 6.45. The Morgan fingerprint density at radius 3 is 2.55 bits per heavy atom. The van der Waals surface area contributed by atoms with Crippen LogP contribution in [-0.2, 0) is 22.7 Å². The van der Waals surface area contributed by atoms with Crippen LogP contribution in [0.4, 0.5) is 0 Å². The first-order valence-electron chi connectivity index (χ1n) is 10.8. The molecule has 4 aliphatic rings. The third-order valence-electron chi connectivity index (χ3n) is 7.15. The van der Waals surface area contributed by atoms with E-state index in [1.54, 1.807) is 4.90 Å². The molecule has 7 nitrogen and oxygen atoms in total. The maximum absolute atomic E-state index is 13.3. The van der Waals surface area contributed by atoms with Gasteiger partial charge in [-0.15, -0.1) is 0 Å². The van der Waals surface area contributed by atoms with E-state index in [4.69, 9.17) is 5.73 Å². The minimum atomic E-state index is -0.562. The molecule has 29 heavy (non-hydrogen) atoms. The number of carbonyl (C=O) groups is 3. The molecule has 2 aliphatic carbocycles. The number of nitrogens with one attached hydrogen (secondary N) is 1. The second kappa shape index (κ2) is 7.22. The Labute approximate surface area is 170 Å². The van der Waals surface area contributed by atoms with Crippen molar-refractivity contribution in [3.63, 3.8) is 0 Å². The molecule has 1 atom stereocenters. The second-order valence-electron chi connectivity index (χ2n) is 8.99. The summed E-state index contributed by atoms with van der Waals surface area (Å²) in [5, 5.41) is 2.37. The Balaban J connectivity index is 1.38. The normalized spacial score (nSPS) is 29.5. The van der Waals surface area contributed by atoms with Crippen LogP contribution in [-0.4, -0.2) is 51.7 Å². The number of imide groups is 1. The SMILES string of the molecule is NC1CC(N(Cc2cccc3c2C(=O)N(C2CCC(=O)NC2=O)C3)C2CCC2)C1. The van der Waals surface area contributed by atoms with Gasteiger partial charge in [0.05, 0.1) is 0 Å². The van der Waals surface area contributed by atoms with E-state index in [-0.39, 0.29) is 24.1 Å². The van der Waals surface area contributed by atoms with Gasteiger partial charge in [0.15, 0.2) is 0 Å². The summed E-state index contributed by atoms with van der Waals surface area (Å²) in [7, 11) is 0. The number of piperidine rings is 1. The van der Waals surface area contributed by atoms with Gasteiger partial charge in [0.25, 0.3) is 5.91 Å². The summed E-state index contributed by atoms with van der Waals surface area (Å²) in [4.78, 5) is 41.3. The number of carbonyl (C=O) groups excluding carboxylic acids is 3. The van der Waals surface area contributed by atoms with Crippen molar-refractivity contribution in [3.05, 3.63) is 34.9 Å².